The third kappa shape index (κ3) is 0.106. The normalized spacial score (nSPS) is 106. The van der Waals surface area contributed by atoms with Gasteiger partial charge < -0.3 is 0 Å². The molecule has 0 aromatic heterocycles. The number of hydrogen-bond donors (Lipinski definition) is 0. The van der Waals surface area contributed by atoms with Crippen molar-refractivity contribution < 1.29 is 16.1 Å². The average molecular weight is 387 g/mol. The summed E-state index contributed by atoms with van der Waals surface area (Å²) in [7, 11) is 0. The number of fused-ring (bicyclic) bond motifs is 10. The quantitative estimate of drug-likeness (QED) is 0.492. The van der Waals surface area contributed by atoms with Gasteiger partial charge >= 0.3 is 127 Å². The molecule has 21 heavy (non-hydrogen) atoms. The van der Waals surface area contributed by atoms with Crippen molar-refractivity contribution >= 4 is 46.4 Å². The summed E-state index contributed by atoms with van der Waals surface area (Å²) in [6.07, 6.45) is 0. The summed E-state index contributed by atoms with van der Waals surface area (Å²) >= 11 is 19.9. The number of carbonyl (C=O) groups is 2. The van der Waals surface area contributed by atoms with Crippen LogP contribution in [0.15, 0.2) is 0 Å². The van der Waals surface area contributed by atoms with Gasteiger partial charge in [0, 0.05) is 0 Å². The Hall–Kier alpha value is 0.729. The van der Waals surface area contributed by atoms with E-state index in [4.69, 9.17) is 34.8 Å². The van der Waals surface area contributed by atoms with Gasteiger partial charge in [-0.05, 0) is 0 Å². The molecule has 114 valence electrons. The van der Waals surface area contributed by atoms with Gasteiger partial charge in [-0.2, -0.15) is 0 Å². The fourth-order valence-corrected chi connectivity index (χ4v) is 104. The third-order valence-electron chi connectivity index (χ3n) is 16.5. The van der Waals surface area contributed by atoms with Gasteiger partial charge in [0.15, 0.2) is 0 Å². The van der Waals surface area contributed by atoms with Crippen molar-refractivity contribution in [1.29, 1.82) is 0 Å². The molecule has 10 heterocycles. The van der Waals surface area contributed by atoms with E-state index in [1.54, 1.807) is 13.8 Å². The molecule has 9 atom stereocenters. The molecule has 2 nitrogen and oxygen atoms in total. The Morgan fingerprint density at radius 2 is 1.48 bits per heavy atom. The summed E-state index contributed by atoms with van der Waals surface area (Å²) in [6, 6.07) is 0. The van der Waals surface area contributed by atoms with Crippen LogP contribution >= 0.6 is 34.8 Å². The van der Waals surface area contributed by atoms with Crippen molar-refractivity contribution in [1.82, 2.24) is 0 Å². The molecule has 0 aromatic carbocycles. The minimum absolute atomic E-state index is 0.0562. The van der Waals surface area contributed by atoms with E-state index in [0.29, 0.717) is 30.8 Å². The van der Waals surface area contributed by atoms with Gasteiger partial charge in [0.1, 0.15) is 0 Å². The molecule has 10 rings (SSSR count). The number of ketones is 2. The third-order valence-corrected chi connectivity index (χ3v) is 61.3. The van der Waals surface area contributed by atoms with Crippen LogP contribution in [0.5, 0.6) is 0 Å². The van der Waals surface area contributed by atoms with Crippen LogP contribution in [0.2, 0.25) is 46.7 Å². The predicted molar refractivity (Wildman–Crippen MR) is 76.0 cm³/mol. The van der Waals surface area contributed by atoms with E-state index < -0.39 is 10.3 Å². The Kier molecular flexibility index (Phi) is 0.406. The maximum atomic E-state index is 13.0. The van der Waals surface area contributed by atoms with E-state index >= 15 is 0 Å². The Balaban J connectivity index is 1.66. The van der Waals surface area contributed by atoms with Crippen molar-refractivity contribution in [2.24, 2.45) is 0 Å². The summed E-state index contributed by atoms with van der Waals surface area (Å²) in [5.74, 6) is 0.708. The fraction of sp³-hybridized carbons (Fsp3) is 0.867. The van der Waals surface area contributed by atoms with Crippen LogP contribution in [-0.2, 0) is 16.1 Å². The van der Waals surface area contributed by atoms with Crippen molar-refractivity contribution in [3.8, 4) is 0 Å². The topological polar surface area (TPSA) is 34.1 Å². The number of rotatable bonds is 2. The fourth-order valence-electron chi connectivity index (χ4n) is 19.7. The Bertz CT molecular complexity index is 1270. The van der Waals surface area contributed by atoms with E-state index in [-0.39, 0.29) is 12.9 Å². The molecule has 10 fully saturated rings. The first kappa shape index (κ1) is 9.89. The Labute approximate surface area is 126 Å². The van der Waals surface area contributed by atoms with Crippen LogP contribution in [0.4, 0.5) is 0 Å². The van der Waals surface area contributed by atoms with Gasteiger partial charge in [-0.1, -0.05) is 0 Å². The SMILES string of the molecule is CC(=O)[C]12[CH]3[CH]4[CH]5[CH]1[Fe]45321678[CH]2[CH]1[C]6(C(C)=O)[C]7(C(Cl)(Cl)Cl)[CH]28. The van der Waals surface area contributed by atoms with E-state index in [9.17, 15) is 9.59 Å². The van der Waals surface area contributed by atoms with Gasteiger partial charge in [-0.3, -0.25) is 0 Å². The molecule has 1 spiro atoms. The molecule has 0 N–H and O–H groups in total. The molecule has 10 aliphatic rings. The van der Waals surface area contributed by atoms with Crippen molar-refractivity contribution in [2.45, 2.75) is 64.3 Å². The first-order chi connectivity index (χ1) is 9.46. The van der Waals surface area contributed by atoms with Gasteiger partial charge in [0.05, 0.1) is 0 Å². The van der Waals surface area contributed by atoms with Crippen molar-refractivity contribution in [2.75, 3.05) is 0 Å². The van der Waals surface area contributed by atoms with Gasteiger partial charge in [0.25, 0.3) is 0 Å². The van der Waals surface area contributed by atoms with Crippen molar-refractivity contribution in [3.63, 3.8) is 0 Å². The van der Waals surface area contributed by atoms with Gasteiger partial charge in [-0.15, -0.1) is 0 Å². The number of alkyl halides is 3. The zero-order valence-electron chi connectivity index (χ0n) is 11.3. The summed E-state index contributed by atoms with van der Waals surface area (Å²) < 4.78 is -1.89. The van der Waals surface area contributed by atoms with E-state index in [0.717, 1.165) is 14.4 Å². The van der Waals surface area contributed by atoms with E-state index in [1.807, 2.05) is 0 Å². The Morgan fingerprint density at radius 1 is 0.905 bits per heavy atom. The van der Waals surface area contributed by atoms with E-state index in [2.05, 4.69) is 0 Å². The molecule has 0 amide bonds. The molecule has 0 aliphatic carbocycles. The van der Waals surface area contributed by atoms with E-state index in [1.165, 1.54) is 0 Å². The minimum atomic E-state index is -4.39. The molecule has 10 aliphatic heterocycles. The molecule has 10 saturated heterocycles. The first-order valence-corrected chi connectivity index (χ1v) is 15.0. The molecule has 0 aromatic rings. The average Bonchev–Trinajstić information content (AvgIpc) is 3.30. The number of hydrogen-bond acceptors (Lipinski definition) is 2. The summed E-state index contributed by atoms with van der Waals surface area (Å²) in [6.45, 7) is -0.845. The number of halogens is 3. The van der Waals surface area contributed by atoms with Crippen molar-refractivity contribution in [3.05, 3.63) is 0 Å². The molecule has 0 bridgehead atoms. The molecular formula is C15H13Cl3FeO2. The summed E-state index contributed by atoms with van der Waals surface area (Å²) in [5.41, 5.74) is 0. The predicted octanol–water partition coefficient (Wildman–Crippen LogP) is 5.03. The monoisotopic (exact) mass is 386 g/mol. The zero-order valence-corrected chi connectivity index (χ0v) is 14.7. The first-order valence-electron chi connectivity index (χ1n) is 7.76. The zero-order chi connectivity index (χ0) is 14.5. The Morgan fingerprint density at radius 3 is 1.71 bits per heavy atom. The van der Waals surface area contributed by atoms with Gasteiger partial charge in [0.2, 0.25) is 0 Å². The van der Waals surface area contributed by atoms with Crippen LogP contribution < -0.4 is 0 Å². The van der Waals surface area contributed by atoms with Crippen LogP contribution in [0, 0.1) is 0 Å². The van der Waals surface area contributed by atoms with Crippen LogP contribution in [0.1, 0.15) is 13.8 Å². The second-order valence-electron chi connectivity index (χ2n) is 11.5. The van der Waals surface area contributed by atoms with Crippen LogP contribution in [0.3, 0.4) is 0 Å². The van der Waals surface area contributed by atoms with Crippen LogP contribution in [0.25, 0.3) is 0 Å². The molecule has 6 heteroatoms. The molecule has 9 unspecified atom stereocenters. The maximum absolute atomic E-state index is 13.0. The second kappa shape index (κ2) is 0.862. The standard InChI is InChI=1S/C8H6Cl3O.C7H7O.Fe/c1-5(12)6-3-2-4-7(6)8(9,10)11;1-6(8)7-4-2-3-5-7;/h2-4H,1H3;2-5H,1H3;. The molecule has 0 radical (unpaired) electrons. The molecule has 0 saturated carbocycles. The molecular weight excluding hydrogens is 374 g/mol. The second-order valence-corrected chi connectivity index (χ2v) is 36.6. The van der Waals surface area contributed by atoms with Crippen LogP contribution in [-0.4, -0.2) is 15.4 Å². The number of carbonyl (C=O) groups excluding carboxylic acids is 2. The van der Waals surface area contributed by atoms with Gasteiger partial charge in [-0.25, -0.2) is 0 Å². The summed E-state index contributed by atoms with van der Waals surface area (Å²) in [5, 5.41) is 0. The number of Topliss-reactive ketones (excluding diaryl/α,β-unsaturated/α-hetero) is 2. The summed E-state index contributed by atoms with van der Waals surface area (Å²) in [4.78, 5) is 30.4.